The van der Waals surface area contributed by atoms with Crippen LogP contribution in [0.25, 0.3) is 0 Å². The monoisotopic (exact) mass is 265 g/mol. The number of hydrogen-bond donors (Lipinski definition) is 1. The Hall–Kier alpha value is -0.130. The smallest absolute Gasteiger partial charge is 0.236 e. The van der Waals surface area contributed by atoms with Crippen LogP contribution in [0, 0.1) is 0 Å². The van der Waals surface area contributed by atoms with Crippen LogP contribution in [-0.4, -0.2) is 53.1 Å². The van der Waals surface area contributed by atoms with E-state index in [1.165, 1.54) is 0 Å². The van der Waals surface area contributed by atoms with Crippen molar-refractivity contribution in [1.82, 2.24) is 4.90 Å². The molecule has 0 aromatic carbocycles. The quantitative estimate of drug-likeness (QED) is 0.751. The Morgan fingerprint density at radius 1 is 1.79 bits per heavy atom. The summed E-state index contributed by atoms with van der Waals surface area (Å²) in [7, 11) is 0. The van der Waals surface area contributed by atoms with Gasteiger partial charge in [0, 0.05) is 13.1 Å². The first kappa shape index (κ1) is 11.9. The molecule has 4 nitrogen and oxygen atoms in total. The maximum Gasteiger partial charge on any atom is 0.236 e. The van der Waals surface area contributed by atoms with Crippen LogP contribution >= 0.6 is 15.9 Å². The summed E-state index contributed by atoms with van der Waals surface area (Å²) in [5, 5.41) is 8.91. The fourth-order valence-corrected chi connectivity index (χ4v) is 1.69. The second-order valence-electron chi connectivity index (χ2n) is 3.34. The predicted octanol–water partition coefficient (Wildman–Crippen LogP) is 0.380. The van der Waals surface area contributed by atoms with Gasteiger partial charge in [0.1, 0.15) is 0 Å². The summed E-state index contributed by atoms with van der Waals surface area (Å²) in [4.78, 5) is 13.4. The topological polar surface area (TPSA) is 49.8 Å². The molecule has 14 heavy (non-hydrogen) atoms. The molecule has 1 heterocycles. The zero-order valence-electron chi connectivity index (χ0n) is 8.28. The minimum absolute atomic E-state index is 0.0249. The summed E-state index contributed by atoms with van der Waals surface area (Å²) < 4.78 is 5.26. The summed E-state index contributed by atoms with van der Waals surface area (Å²) in [6.07, 6.45) is 0.559. The Labute approximate surface area is 92.3 Å². The van der Waals surface area contributed by atoms with Gasteiger partial charge >= 0.3 is 0 Å². The minimum Gasteiger partial charge on any atom is -0.394 e. The fraction of sp³-hybridized carbons (Fsp3) is 0.889. The van der Waals surface area contributed by atoms with E-state index in [1.807, 2.05) is 6.92 Å². The van der Waals surface area contributed by atoms with E-state index in [1.54, 1.807) is 4.90 Å². The first-order valence-corrected chi connectivity index (χ1v) is 5.76. The number of aliphatic hydroxyl groups is 1. The number of nitrogens with zero attached hydrogens (tertiary/aromatic N) is 1. The highest BCUT2D eigenvalue weighted by Crippen LogP contribution is 2.12. The zero-order valence-corrected chi connectivity index (χ0v) is 9.87. The number of rotatable bonds is 3. The molecule has 82 valence electrons. The van der Waals surface area contributed by atoms with Crippen LogP contribution in [0.2, 0.25) is 0 Å². The molecule has 0 aliphatic carbocycles. The van der Waals surface area contributed by atoms with Crippen molar-refractivity contribution in [3.8, 4) is 0 Å². The van der Waals surface area contributed by atoms with Gasteiger partial charge in [0.05, 0.1) is 24.1 Å². The van der Waals surface area contributed by atoms with E-state index >= 15 is 0 Å². The Balaban J connectivity index is 2.47. The van der Waals surface area contributed by atoms with Gasteiger partial charge in [-0.15, -0.1) is 0 Å². The van der Waals surface area contributed by atoms with Crippen LogP contribution in [0.1, 0.15) is 13.3 Å². The third-order valence-corrected chi connectivity index (χ3v) is 3.32. The normalized spacial score (nSPS) is 24.8. The first-order chi connectivity index (χ1) is 6.69. The highest BCUT2D eigenvalue weighted by atomic mass is 79.9. The van der Waals surface area contributed by atoms with Crippen molar-refractivity contribution < 1.29 is 14.6 Å². The summed E-state index contributed by atoms with van der Waals surface area (Å²) in [5.41, 5.74) is 0. The second-order valence-corrected chi connectivity index (χ2v) is 4.44. The molecule has 0 bridgehead atoms. The molecule has 0 saturated carbocycles. The van der Waals surface area contributed by atoms with Crippen LogP contribution < -0.4 is 0 Å². The number of carbonyl (C=O) groups is 1. The number of morpholine rings is 1. The second kappa shape index (κ2) is 5.68. The number of hydrogen-bond acceptors (Lipinski definition) is 3. The number of carbonyl (C=O) groups excluding carboxylic acids is 1. The molecule has 5 heteroatoms. The molecule has 1 fully saturated rings. The molecular weight excluding hydrogens is 250 g/mol. The van der Waals surface area contributed by atoms with E-state index in [4.69, 9.17) is 9.84 Å². The lowest BCUT2D eigenvalue weighted by atomic mass is 10.2. The van der Waals surface area contributed by atoms with Crippen molar-refractivity contribution in [1.29, 1.82) is 0 Å². The lowest BCUT2D eigenvalue weighted by Gasteiger charge is -2.33. The average Bonchev–Trinajstić information content (AvgIpc) is 2.27. The SMILES string of the molecule is CCC(Br)C(=O)N1CCOC(CO)C1. The number of ether oxygens (including phenoxy) is 1. The van der Waals surface area contributed by atoms with Crippen molar-refractivity contribution in [2.75, 3.05) is 26.3 Å². The molecule has 0 radical (unpaired) electrons. The molecule has 0 aromatic rings. The maximum atomic E-state index is 11.7. The van der Waals surface area contributed by atoms with Crippen molar-refractivity contribution >= 4 is 21.8 Å². The Bertz CT molecular complexity index is 200. The molecule has 1 aliphatic heterocycles. The largest absolute Gasteiger partial charge is 0.394 e. The molecule has 1 amide bonds. The van der Waals surface area contributed by atoms with Crippen molar-refractivity contribution in [3.63, 3.8) is 0 Å². The van der Waals surface area contributed by atoms with Crippen LogP contribution in [0.5, 0.6) is 0 Å². The number of alkyl halides is 1. The lowest BCUT2D eigenvalue weighted by molar-refractivity contribution is -0.139. The van der Waals surface area contributed by atoms with Gasteiger partial charge in [-0.2, -0.15) is 0 Å². The van der Waals surface area contributed by atoms with Gasteiger partial charge in [0.2, 0.25) is 5.91 Å². The third kappa shape index (κ3) is 2.93. The highest BCUT2D eigenvalue weighted by molar-refractivity contribution is 9.10. The Morgan fingerprint density at radius 2 is 2.50 bits per heavy atom. The number of aliphatic hydroxyl groups excluding tert-OH is 1. The molecule has 1 N–H and O–H groups in total. The van der Waals surface area contributed by atoms with Crippen molar-refractivity contribution in [2.45, 2.75) is 24.3 Å². The van der Waals surface area contributed by atoms with E-state index in [0.29, 0.717) is 19.7 Å². The van der Waals surface area contributed by atoms with Gasteiger partial charge in [0.15, 0.2) is 0 Å². The molecule has 0 aromatic heterocycles. The molecule has 1 rings (SSSR count). The van der Waals surface area contributed by atoms with E-state index in [-0.39, 0.29) is 23.4 Å². The summed E-state index contributed by atoms with van der Waals surface area (Å²) in [6.45, 7) is 3.57. The summed E-state index contributed by atoms with van der Waals surface area (Å²) in [6, 6.07) is 0. The lowest BCUT2D eigenvalue weighted by Crippen LogP contribution is -2.49. The van der Waals surface area contributed by atoms with E-state index in [0.717, 1.165) is 6.42 Å². The molecule has 2 atom stereocenters. The van der Waals surface area contributed by atoms with Gasteiger partial charge in [-0.05, 0) is 6.42 Å². The maximum absolute atomic E-state index is 11.7. The number of halogens is 1. The van der Waals surface area contributed by atoms with Gasteiger partial charge < -0.3 is 14.7 Å². The van der Waals surface area contributed by atoms with Gasteiger partial charge in [-0.3, -0.25) is 4.79 Å². The van der Waals surface area contributed by atoms with Crippen LogP contribution in [0.4, 0.5) is 0 Å². The van der Waals surface area contributed by atoms with Gasteiger partial charge in [-0.25, -0.2) is 0 Å². The summed E-state index contributed by atoms with van der Waals surface area (Å²) >= 11 is 3.33. The molecule has 0 spiro atoms. The molecular formula is C9H16BrNO3. The Kier molecular flexibility index (Phi) is 4.84. The van der Waals surface area contributed by atoms with E-state index in [2.05, 4.69) is 15.9 Å². The van der Waals surface area contributed by atoms with Crippen LogP contribution in [-0.2, 0) is 9.53 Å². The van der Waals surface area contributed by atoms with Crippen LogP contribution in [0.3, 0.4) is 0 Å². The van der Waals surface area contributed by atoms with Crippen molar-refractivity contribution in [2.24, 2.45) is 0 Å². The number of amides is 1. The standard InChI is InChI=1S/C9H16BrNO3/c1-2-8(10)9(13)11-3-4-14-7(5-11)6-12/h7-8,12H,2-6H2,1H3. The molecule has 1 saturated heterocycles. The fourth-order valence-electron chi connectivity index (χ4n) is 1.40. The predicted molar refractivity (Wildman–Crippen MR) is 56.4 cm³/mol. The minimum atomic E-state index is -0.218. The van der Waals surface area contributed by atoms with Crippen molar-refractivity contribution in [3.05, 3.63) is 0 Å². The molecule has 1 aliphatic rings. The average molecular weight is 266 g/mol. The highest BCUT2D eigenvalue weighted by Gasteiger charge is 2.26. The van der Waals surface area contributed by atoms with Crippen LogP contribution in [0.15, 0.2) is 0 Å². The van der Waals surface area contributed by atoms with E-state index < -0.39 is 0 Å². The Morgan fingerprint density at radius 3 is 3.07 bits per heavy atom. The summed E-state index contributed by atoms with van der Waals surface area (Å²) in [5.74, 6) is 0.0919. The van der Waals surface area contributed by atoms with E-state index in [9.17, 15) is 4.79 Å². The van der Waals surface area contributed by atoms with Gasteiger partial charge in [-0.1, -0.05) is 22.9 Å². The first-order valence-electron chi connectivity index (χ1n) is 4.84. The van der Waals surface area contributed by atoms with Gasteiger partial charge in [0.25, 0.3) is 0 Å². The zero-order chi connectivity index (χ0) is 10.6. The third-order valence-electron chi connectivity index (χ3n) is 2.28. The molecule has 2 unspecified atom stereocenters.